The zero-order valence-electron chi connectivity index (χ0n) is 11.0. The van der Waals surface area contributed by atoms with E-state index in [-0.39, 0.29) is 17.7 Å². The highest BCUT2D eigenvalue weighted by Gasteiger charge is 2.26. The van der Waals surface area contributed by atoms with Gasteiger partial charge in [0.2, 0.25) is 5.91 Å². The molecule has 1 amide bonds. The number of carboxylic acids is 1. The molecule has 1 unspecified atom stereocenters. The van der Waals surface area contributed by atoms with Gasteiger partial charge in [-0.1, -0.05) is 6.92 Å². The van der Waals surface area contributed by atoms with Crippen molar-refractivity contribution in [1.82, 2.24) is 5.32 Å². The Labute approximate surface area is 108 Å². The van der Waals surface area contributed by atoms with Crippen molar-refractivity contribution in [3.05, 3.63) is 0 Å². The first-order valence-corrected chi connectivity index (χ1v) is 6.79. The predicted molar refractivity (Wildman–Crippen MR) is 68.9 cm³/mol. The van der Waals surface area contributed by atoms with Gasteiger partial charge in [0.05, 0.1) is 5.92 Å². The highest BCUT2D eigenvalue weighted by molar-refractivity contribution is 5.78. The molecular weight excluding hydrogens is 232 g/mol. The van der Waals surface area contributed by atoms with E-state index in [1.807, 2.05) is 6.92 Å². The second kappa shape index (κ2) is 7.36. The molecule has 5 heteroatoms. The molecule has 1 saturated carbocycles. The second-order valence-corrected chi connectivity index (χ2v) is 5.14. The van der Waals surface area contributed by atoms with Crippen molar-refractivity contribution >= 4 is 11.9 Å². The Balaban J connectivity index is 2.25. The molecule has 104 valence electrons. The maximum atomic E-state index is 11.7. The Morgan fingerprint density at radius 2 is 1.94 bits per heavy atom. The fourth-order valence-electron chi connectivity index (χ4n) is 2.46. The standard InChI is InChI=1S/C13H24N2O3/c1-2-10(7-14)12(16)15-8-9-3-5-11(6-4-9)13(17)18/h9-11H,2-8,14H2,1H3,(H,15,16)(H,17,18). The van der Waals surface area contributed by atoms with Gasteiger partial charge in [0.25, 0.3) is 0 Å². The van der Waals surface area contributed by atoms with Crippen LogP contribution in [0.3, 0.4) is 0 Å². The third kappa shape index (κ3) is 4.29. The number of hydrogen-bond acceptors (Lipinski definition) is 3. The quantitative estimate of drug-likeness (QED) is 0.660. The second-order valence-electron chi connectivity index (χ2n) is 5.14. The highest BCUT2D eigenvalue weighted by atomic mass is 16.4. The van der Waals surface area contributed by atoms with Crippen LogP contribution in [0.5, 0.6) is 0 Å². The van der Waals surface area contributed by atoms with Crippen molar-refractivity contribution in [3.8, 4) is 0 Å². The molecule has 0 spiro atoms. The summed E-state index contributed by atoms with van der Waals surface area (Å²) in [5.74, 6) is -0.531. The number of rotatable bonds is 6. The minimum absolute atomic E-state index is 0.0281. The fraction of sp³-hybridized carbons (Fsp3) is 0.846. The molecule has 0 heterocycles. The van der Waals surface area contributed by atoms with Crippen LogP contribution in [-0.2, 0) is 9.59 Å². The molecule has 1 aliphatic rings. The molecule has 5 nitrogen and oxygen atoms in total. The van der Waals surface area contributed by atoms with Gasteiger partial charge in [0, 0.05) is 19.0 Å². The summed E-state index contributed by atoms with van der Waals surface area (Å²) < 4.78 is 0. The fourth-order valence-corrected chi connectivity index (χ4v) is 2.46. The Kier molecular flexibility index (Phi) is 6.12. The number of amides is 1. The number of carbonyl (C=O) groups is 2. The number of nitrogens with one attached hydrogen (secondary N) is 1. The van der Waals surface area contributed by atoms with Crippen molar-refractivity contribution in [2.75, 3.05) is 13.1 Å². The number of nitrogens with two attached hydrogens (primary N) is 1. The number of carboxylic acid groups (broad SMARTS) is 1. The Bertz CT molecular complexity index is 282. The number of hydrogen-bond donors (Lipinski definition) is 3. The number of aliphatic carboxylic acids is 1. The van der Waals surface area contributed by atoms with Crippen molar-refractivity contribution in [3.63, 3.8) is 0 Å². The van der Waals surface area contributed by atoms with E-state index >= 15 is 0 Å². The summed E-state index contributed by atoms with van der Waals surface area (Å²) in [5, 5.41) is 11.8. The van der Waals surface area contributed by atoms with Gasteiger partial charge < -0.3 is 16.2 Å². The summed E-state index contributed by atoms with van der Waals surface area (Å²) >= 11 is 0. The summed E-state index contributed by atoms with van der Waals surface area (Å²) in [5.41, 5.74) is 5.52. The van der Waals surface area contributed by atoms with Gasteiger partial charge in [0.1, 0.15) is 0 Å². The molecular formula is C13H24N2O3. The smallest absolute Gasteiger partial charge is 0.306 e. The third-order valence-corrected chi connectivity index (χ3v) is 3.91. The molecule has 4 N–H and O–H groups in total. The molecule has 1 fully saturated rings. The van der Waals surface area contributed by atoms with E-state index in [0.29, 0.717) is 19.0 Å². The van der Waals surface area contributed by atoms with Crippen LogP contribution >= 0.6 is 0 Å². The first-order chi connectivity index (χ1) is 8.58. The molecule has 0 aromatic rings. The normalized spacial score (nSPS) is 25.4. The van der Waals surface area contributed by atoms with Crippen LogP contribution in [-0.4, -0.2) is 30.1 Å². The Morgan fingerprint density at radius 1 is 1.33 bits per heavy atom. The maximum Gasteiger partial charge on any atom is 0.306 e. The van der Waals surface area contributed by atoms with E-state index in [1.165, 1.54) is 0 Å². The molecule has 18 heavy (non-hydrogen) atoms. The minimum Gasteiger partial charge on any atom is -0.481 e. The molecule has 1 rings (SSSR count). The van der Waals surface area contributed by atoms with Crippen LogP contribution in [0.1, 0.15) is 39.0 Å². The van der Waals surface area contributed by atoms with Gasteiger partial charge in [-0.3, -0.25) is 9.59 Å². The van der Waals surface area contributed by atoms with E-state index in [9.17, 15) is 9.59 Å². The summed E-state index contributed by atoms with van der Waals surface area (Å²) in [4.78, 5) is 22.5. The van der Waals surface area contributed by atoms with Gasteiger partial charge in [-0.2, -0.15) is 0 Å². The molecule has 0 aromatic carbocycles. The molecule has 0 aliphatic heterocycles. The van der Waals surface area contributed by atoms with Crippen LogP contribution in [0.2, 0.25) is 0 Å². The summed E-state index contributed by atoms with van der Waals surface area (Å²) in [6, 6.07) is 0. The maximum absolute atomic E-state index is 11.7. The minimum atomic E-state index is -0.688. The van der Waals surface area contributed by atoms with Crippen LogP contribution < -0.4 is 11.1 Å². The van der Waals surface area contributed by atoms with E-state index in [1.54, 1.807) is 0 Å². The van der Waals surface area contributed by atoms with Crippen LogP contribution in [0.15, 0.2) is 0 Å². The van der Waals surface area contributed by atoms with E-state index in [0.717, 1.165) is 32.1 Å². The first-order valence-electron chi connectivity index (χ1n) is 6.79. The Morgan fingerprint density at radius 3 is 2.39 bits per heavy atom. The zero-order valence-corrected chi connectivity index (χ0v) is 11.0. The zero-order chi connectivity index (χ0) is 13.5. The van der Waals surface area contributed by atoms with Gasteiger partial charge >= 0.3 is 5.97 Å². The highest BCUT2D eigenvalue weighted by Crippen LogP contribution is 2.28. The van der Waals surface area contributed by atoms with Crippen molar-refractivity contribution in [2.45, 2.75) is 39.0 Å². The summed E-state index contributed by atoms with van der Waals surface area (Å²) in [6.07, 6.45) is 3.98. The topological polar surface area (TPSA) is 92.4 Å². The average molecular weight is 256 g/mol. The first kappa shape index (κ1) is 15.0. The van der Waals surface area contributed by atoms with Crippen molar-refractivity contribution < 1.29 is 14.7 Å². The molecule has 1 aliphatic carbocycles. The Hall–Kier alpha value is -1.10. The van der Waals surface area contributed by atoms with Gasteiger partial charge in [-0.05, 0) is 38.0 Å². The van der Waals surface area contributed by atoms with Crippen LogP contribution in [0.25, 0.3) is 0 Å². The monoisotopic (exact) mass is 256 g/mol. The molecule has 0 radical (unpaired) electrons. The van der Waals surface area contributed by atoms with E-state index < -0.39 is 5.97 Å². The lowest BCUT2D eigenvalue weighted by Gasteiger charge is -2.26. The summed E-state index contributed by atoms with van der Waals surface area (Å²) in [7, 11) is 0. The van der Waals surface area contributed by atoms with Gasteiger partial charge in [-0.25, -0.2) is 0 Å². The van der Waals surface area contributed by atoms with Crippen LogP contribution in [0.4, 0.5) is 0 Å². The van der Waals surface area contributed by atoms with E-state index in [4.69, 9.17) is 10.8 Å². The third-order valence-electron chi connectivity index (χ3n) is 3.91. The van der Waals surface area contributed by atoms with Gasteiger partial charge in [0.15, 0.2) is 0 Å². The van der Waals surface area contributed by atoms with E-state index in [2.05, 4.69) is 5.32 Å². The lowest BCUT2D eigenvalue weighted by atomic mass is 9.82. The predicted octanol–water partition coefficient (Wildman–Crippen LogP) is 0.979. The van der Waals surface area contributed by atoms with Gasteiger partial charge in [-0.15, -0.1) is 0 Å². The molecule has 1 atom stereocenters. The molecule has 0 saturated heterocycles. The lowest BCUT2D eigenvalue weighted by Crippen LogP contribution is -2.38. The van der Waals surface area contributed by atoms with Crippen molar-refractivity contribution in [1.29, 1.82) is 0 Å². The summed E-state index contributed by atoms with van der Waals surface area (Å²) in [6.45, 7) is 2.99. The molecule has 0 bridgehead atoms. The lowest BCUT2D eigenvalue weighted by molar-refractivity contribution is -0.143. The SMILES string of the molecule is CCC(CN)C(=O)NCC1CCC(C(=O)O)CC1. The van der Waals surface area contributed by atoms with Crippen LogP contribution in [0, 0.1) is 17.8 Å². The number of carbonyl (C=O) groups excluding carboxylic acids is 1. The molecule has 0 aromatic heterocycles. The average Bonchev–Trinajstić information content (AvgIpc) is 2.38. The van der Waals surface area contributed by atoms with Crippen molar-refractivity contribution in [2.24, 2.45) is 23.5 Å². The largest absolute Gasteiger partial charge is 0.481 e.